The molecule has 31 heavy (non-hydrogen) atoms. The van der Waals surface area contributed by atoms with E-state index in [1.54, 1.807) is 0 Å². The molecule has 0 saturated heterocycles. The Morgan fingerprint density at radius 3 is 2.39 bits per heavy atom. The SMILES string of the molecule is CC.CC(C)N(C)C(=N)c1cccc(C2=Cc3c(-c4ccccc4)c[nH]c3N(C)C2)c1. The molecule has 0 saturated carbocycles. The predicted molar refractivity (Wildman–Crippen MR) is 135 cm³/mol. The normalized spacial score (nSPS) is 12.6. The van der Waals surface area contributed by atoms with Crippen LogP contribution in [0.15, 0.2) is 60.8 Å². The monoisotopic (exact) mass is 414 g/mol. The summed E-state index contributed by atoms with van der Waals surface area (Å²) >= 11 is 0. The number of benzene rings is 2. The maximum Gasteiger partial charge on any atom is 0.128 e. The van der Waals surface area contributed by atoms with Gasteiger partial charge >= 0.3 is 0 Å². The summed E-state index contributed by atoms with van der Waals surface area (Å²) in [4.78, 5) is 7.70. The Morgan fingerprint density at radius 2 is 1.71 bits per heavy atom. The zero-order valence-corrected chi connectivity index (χ0v) is 19.5. The molecule has 0 amide bonds. The zero-order chi connectivity index (χ0) is 22.5. The van der Waals surface area contributed by atoms with Gasteiger partial charge in [-0.1, -0.05) is 62.4 Å². The summed E-state index contributed by atoms with van der Waals surface area (Å²) in [5.41, 5.74) is 7.03. The molecule has 4 rings (SSSR count). The molecule has 3 aromatic rings. The molecule has 2 heterocycles. The Morgan fingerprint density at radius 1 is 1.03 bits per heavy atom. The maximum absolute atomic E-state index is 8.55. The van der Waals surface area contributed by atoms with Gasteiger partial charge in [-0.15, -0.1) is 0 Å². The van der Waals surface area contributed by atoms with Crippen molar-refractivity contribution in [1.82, 2.24) is 9.88 Å². The summed E-state index contributed by atoms with van der Waals surface area (Å²) in [6, 6.07) is 19.1. The van der Waals surface area contributed by atoms with Crippen LogP contribution in [0.1, 0.15) is 44.4 Å². The average Bonchev–Trinajstić information content (AvgIpc) is 3.24. The van der Waals surface area contributed by atoms with E-state index < -0.39 is 0 Å². The fourth-order valence-corrected chi connectivity index (χ4v) is 3.80. The Hall–Kier alpha value is -3.27. The van der Waals surface area contributed by atoms with Crippen molar-refractivity contribution in [3.8, 4) is 11.1 Å². The molecule has 0 fully saturated rings. The van der Waals surface area contributed by atoms with Crippen LogP contribution in [0.4, 0.5) is 5.82 Å². The first-order valence-electron chi connectivity index (χ1n) is 11.1. The molecule has 2 N–H and O–H groups in total. The van der Waals surface area contributed by atoms with E-state index in [9.17, 15) is 0 Å². The highest BCUT2D eigenvalue weighted by atomic mass is 15.2. The molecule has 0 spiro atoms. The number of likely N-dealkylation sites (N-methyl/N-ethyl adjacent to an activating group) is 1. The molecule has 4 nitrogen and oxygen atoms in total. The summed E-state index contributed by atoms with van der Waals surface area (Å²) in [7, 11) is 4.10. The van der Waals surface area contributed by atoms with E-state index >= 15 is 0 Å². The summed E-state index contributed by atoms with van der Waals surface area (Å²) in [5, 5.41) is 8.55. The van der Waals surface area contributed by atoms with Crippen molar-refractivity contribution in [2.75, 3.05) is 25.5 Å². The van der Waals surface area contributed by atoms with Crippen molar-refractivity contribution in [2.24, 2.45) is 0 Å². The Balaban J connectivity index is 0.00000132. The lowest BCUT2D eigenvalue weighted by Crippen LogP contribution is -2.33. The molecule has 0 radical (unpaired) electrons. The number of nitrogens with zero attached hydrogens (tertiary/aromatic N) is 2. The minimum atomic E-state index is 0.294. The second kappa shape index (κ2) is 9.69. The molecular formula is C27H34N4. The highest BCUT2D eigenvalue weighted by Gasteiger charge is 2.21. The van der Waals surface area contributed by atoms with Crippen LogP contribution in [0.25, 0.3) is 22.8 Å². The standard InChI is InChI=1S/C25H28N4.C2H6/c1-17(2)29(4)24(26)20-12-8-11-19(13-20)21-14-22-23(18-9-6-5-7-10-18)15-27-25(22)28(3)16-21;1-2/h5-15,17,26-27H,16H2,1-4H3;1-2H3. The molecule has 1 aliphatic heterocycles. The van der Waals surface area contributed by atoms with Crippen molar-refractivity contribution in [3.63, 3.8) is 0 Å². The quantitative estimate of drug-likeness (QED) is 0.385. The summed E-state index contributed by atoms with van der Waals surface area (Å²) < 4.78 is 0. The van der Waals surface area contributed by atoms with E-state index in [0.717, 1.165) is 17.9 Å². The van der Waals surface area contributed by atoms with Gasteiger partial charge in [0, 0.05) is 49.6 Å². The van der Waals surface area contributed by atoms with Crippen LogP contribution >= 0.6 is 0 Å². The number of rotatable bonds is 4. The lowest BCUT2D eigenvalue weighted by Gasteiger charge is -2.27. The van der Waals surface area contributed by atoms with E-state index in [4.69, 9.17) is 5.41 Å². The lowest BCUT2D eigenvalue weighted by atomic mass is 9.95. The first-order chi connectivity index (χ1) is 15.0. The fraction of sp³-hybridized carbons (Fsp3) is 0.296. The third-order valence-corrected chi connectivity index (χ3v) is 5.73. The minimum absolute atomic E-state index is 0.294. The fourth-order valence-electron chi connectivity index (χ4n) is 3.80. The van der Waals surface area contributed by atoms with E-state index in [-0.39, 0.29) is 0 Å². The molecule has 0 bridgehead atoms. The van der Waals surface area contributed by atoms with Crippen molar-refractivity contribution < 1.29 is 0 Å². The van der Waals surface area contributed by atoms with Crippen LogP contribution in [-0.2, 0) is 0 Å². The van der Waals surface area contributed by atoms with Gasteiger partial charge < -0.3 is 14.8 Å². The number of amidine groups is 1. The predicted octanol–water partition coefficient (Wildman–Crippen LogP) is 6.36. The molecule has 0 unspecified atom stereocenters. The van der Waals surface area contributed by atoms with Crippen molar-refractivity contribution in [3.05, 3.63) is 77.5 Å². The van der Waals surface area contributed by atoms with Gasteiger partial charge in [-0.3, -0.25) is 5.41 Å². The van der Waals surface area contributed by atoms with Crippen LogP contribution < -0.4 is 4.90 Å². The van der Waals surface area contributed by atoms with Crippen LogP contribution in [0.5, 0.6) is 0 Å². The third kappa shape index (κ3) is 4.58. The first-order valence-corrected chi connectivity index (χ1v) is 11.1. The molecule has 1 aliphatic rings. The van der Waals surface area contributed by atoms with Gasteiger partial charge in [0.2, 0.25) is 0 Å². The summed E-state index contributed by atoms with van der Waals surface area (Å²) in [6.07, 6.45) is 4.39. The molecule has 0 atom stereocenters. The Kier molecular flexibility index (Phi) is 7.01. The molecule has 0 aliphatic carbocycles. The van der Waals surface area contributed by atoms with Crippen LogP contribution in [-0.4, -0.2) is 42.4 Å². The van der Waals surface area contributed by atoms with Gasteiger partial charge in [-0.2, -0.15) is 0 Å². The minimum Gasteiger partial charge on any atom is -0.357 e. The van der Waals surface area contributed by atoms with Crippen LogP contribution in [0.2, 0.25) is 0 Å². The third-order valence-electron chi connectivity index (χ3n) is 5.73. The van der Waals surface area contributed by atoms with E-state index in [1.807, 2.05) is 37.9 Å². The summed E-state index contributed by atoms with van der Waals surface area (Å²) in [6.45, 7) is 9.05. The molecule has 4 heteroatoms. The number of fused-ring (bicyclic) bond motifs is 1. The van der Waals surface area contributed by atoms with Crippen molar-refractivity contribution in [1.29, 1.82) is 5.41 Å². The van der Waals surface area contributed by atoms with Crippen molar-refractivity contribution >= 4 is 23.3 Å². The average molecular weight is 415 g/mol. The van der Waals surface area contributed by atoms with Gasteiger partial charge in [-0.25, -0.2) is 0 Å². The maximum atomic E-state index is 8.55. The van der Waals surface area contributed by atoms with E-state index in [2.05, 4.69) is 85.5 Å². The van der Waals surface area contributed by atoms with Crippen LogP contribution in [0.3, 0.4) is 0 Å². The second-order valence-corrected chi connectivity index (χ2v) is 7.99. The number of aromatic amines is 1. The smallest absolute Gasteiger partial charge is 0.128 e. The van der Waals surface area contributed by atoms with Gasteiger partial charge in [0.1, 0.15) is 11.7 Å². The number of anilines is 1. The summed E-state index contributed by atoms with van der Waals surface area (Å²) in [5.74, 6) is 1.70. The number of H-pyrrole nitrogens is 1. The van der Waals surface area contributed by atoms with Crippen LogP contribution in [0, 0.1) is 5.41 Å². The number of hydrogen-bond acceptors (Lipinski definition) is 2. The second-order valence-electron chi connectivity index (χ2n) is 7.99. The lowest BCUT2D eigenvalue weighted by molar-refractivity contribution is 0.416. The number of nitrogens with one attached hydrogen (secondary N) is 2. The first kappa shape index (κ1) is 22.4. The largest absolute Gasteiger partial charge is 0.357 e. The number of hydrogen-bond donors (Lipinski definition) is 2. The molecule has 2 aromatic carbocycles. The highest BCUT2D eigenvalue weighted by Crippen LogP contribution is 2.38. The van der Waals surface area contributed by atoms with Gasteiger partial charge in [0.25, 0.3) is 0 Å². The Bertz CT molecular complexity index is 1060. The van der Waals surface area contributed by atoms with Gasteiger partial charge in [0.15, 0.2) is 0 Å². The molecule has 1 aromatic heterocycles. The van der Waals surface area contributed by atoms with Gasteiger partial charge in [0.05, 0.1) is 0 Å². The number of aromatic nitrogens is 1. The molecule has 162 valence electrons. The Labute approximate surface area is 186 Å². The zero-order valence-electron chi connectivity index (χ0n) is 19.5. The van der Waals surface area contributed by atoms with Gasteiger partial charge in [-0.05, 0) is 42.7 Å². The van der Waals surface area contributed by atoms with Crippen molar-refractivity contribution in [2.45, 2.75) is 33.7 Å². The molecular weight excluding hydrogens is 380 g/mol. The van der Waals surface area contributed by atoms with E-state index in [0.29, 0.717) is 11.9 Å². The highest BCUT2D eigenvalue weighted by molar-refractivity contribution is 5.99. The van der Waals surface area contributed by atoms with E-state index in [1.165, 1.54) is 27.8 Å². The topological polar surface area (TPSA) is 46.1 Å².